The minimum absolute atomic E-state index is 0.139. The summed E-state index contributed by atoms with van der Waals surface area (Å²) in [5.74, 6) is 1.67. The first kappa shape index (κ1) is 19.1. The third-order valence-electron chi connectivity index (χ3n) is 3.70. The van der Waals surface area contributed by atoms with E-state index < -0.39 is 0 Å². The molecule has 0 aliphatic heterocycles. The molecule has 2 aromatic carbocycles. The van der Waals surface area contributed by atoms with Crippen LogP contribution in [0, 0.1) is 0 Å². The Balaban J connectivity index is 1.99. The quantitative estimate of drug-likeness (QED) is 0.688. The standard InChI is InChI=1S/C20H26N2O2S/c1-5-19(15-9-11-17(23-4)12-10-15)22-20(25)21-16-7-6-8-18(13-16)24-14(2)3/h6-14,19H,5H2,1-4H3,(H2,21,22,25)/t19-/m1/s1. The van der Waals surface area contributed by atoms with Gasteiger partial charge in [0.05, 0.1) is 19.3 Å². The summed E-state index contributed by atoms with van der Waals surface area (Å²) in [5.41, 5.74) is 2.07. The van der Waals surface area contributed by atoms with Crippen LogP contribution in [0.5, 0.6) is 11.5 Å². The van der Waals surface area contributed by atoms with Gasteiger partial charge in [0.25, 0.3) is 0 Å². The number of nitrogens with one attached hydrogen (secondary N) is 2. The summed E-state index contributed by atoms with van der Waals surface area (Å²) in [5, 5.41) is 7.18. The molecule has 0 heterocycles. The van der Waals surface area contributed by atoms with Crippen molar-refractivity contribution >= 4 is 23.0 Å². The first-order valence-electron chi connectivity index (χ1n) is 8.50. The topological polar surface area (TPSA) is 42.5 Å². The van der Waals surface area contributed by atoms with Crippen molar-refractivity contribution in [1.29, 1.82) is 0 Å². The van der Waals surface area contributed by atoms with Gasteiger partial charge in [-0.1, -0.05) is 25.1 Å². The van der Waals surface area contributed by atoms with Crippen molar-refractivity contribution in [3.63, 3.8) is 0 Å². The molecule has 2 aromatic rings. The van der Waals surface area contributed by atoms with Gasteiger partial charge in [0.15, 0.2) is 5.11 Å². The molecule has 134 valence electrons. The largest absolute Gasteiger partial charge is 0.497 e. The Morgan fingerprint density at radius 2 is 1.80 bits per heavy atom. The molecule has 0 unspecified atom stereocenters. The average molecular weight is 359 g/mol. The summed E-state index contributed by atoms with van der Waals surface area (Å²) >= 11 is 5.47. The fraction of sp³-hybridized carbons (Fsp3) is 0.350. The first-order valence-corrected chi connectivity index (χ1v) is 8.90. The van der Waals surface area contributed by atoms with Crippen molar-refractivity contribution in [2.45, 2.75) is 39.3 Å². The molecule has 25 heavy (non-hydrogen) atoms. The summed E-state index contributed by atoms with van der Waals surface area (Å²) in [4.78, 5) is 0. The van der Waals surface area contributed by atoms with Crippen LogP contribution >= 0.6 is 12.2 Å². The van der Waals surface area contributed by atoms with E-state index >= 15 is 0 Å². The second-order valence-corrected chi connectivity index (χ2v) is 6.44. The van der Waals surface area contributed by atoms with Crippen LogP contribution in [-0.2, 0) is 0 Å². The van der Waals surface area contributed by atoms with E-state index in [0.717, 1.165) is 23.6 Å². The molecule has 0 bridgehead atoms. The van der Waals surface area contributed by atoms with E-state index in [9.17, 15) is 0 Å². The SMILES string of the molecule is CC[C@@H](NC(=S)Nc1cccc(OC(C)C)c1)c1ccc(OC)cc1. The predicted molar refractivity (Wildman–Crippen MR) is 108 cm³/mol. The van der Waals surface area contributed by atoms with Crippen molar-refractivity contribution in [1.82, 2.24) is 5.32 Å². The third-order valence-corrected chi connectivity index (χ3v) is 3.92. The first-order chi connectivity index (χ1) is 12.0. The molecule has 1 atom stereocenters. The van der Waals surface area contributed by atoms with Gasteiger partial charge in [0.1, 0.15) is 11.5 Å². The zero-order valence-corrected chi connectivity index (χ0v) is 16.0. The van der Waals surface area contributed by atoms with Gasteiger partial charge in [0, 0.05) is 11.8 Å². The molecule has 0 spiro atoms. The van der Waals surface area contributed by atoms with Crippen LogP contribution in [0.25, 0.3) is 0 Å². The highest BCUT2D eigenvalue weighted by Gasteiger charge is 2.11. The Morgan fingerprint density at radius 3 is 2.40 bits per heavy atom. The highest BCUT2D eigenvalue weighted by Crippen LogP contribution is 2.21. The van der Waals surface area contributed by atoms with Crippen molar-refractivity contribution in [2.75, 3.05) is 12.4 Å². The zero-order chi connectivity index (χ0) is 18.2. The number of rotatable bonds is 7. The number of hydrogen-bond acceptors (Lipinski definition) is 3. The third kappa shape index (κ3) is 5.94. The summed E-state index contributed by atoms with van der Waals surface area (Å²) < 4.78 is 10.9. The summed E-state index contributed by atoms with van der Waals surface area (Å²) in [6, 6.07) is 16.0. The molecule has 0 amide bonds. The summed E-state index contributed by atoms with van der Waals surface area (Å²) in [7, 11) is 1.67. The maximum absolute atomic E-state index is 5.71. The Kier molecular flexibility index (Phi) is 7.07. The van der Waals surface area contributed by atoms with Crippen molar-refractivity contribution in [2.24, 2.45) is 0 Å². The maximum Gasteiger partial charge on any atom is 0.171 e. The molecule has 5 heteroatoms. The number of methoxy groups -OCH3 is 1. The molecule has 0 aliphatic carbocycles. The van der Waals surface area contributed by atoms with Crippen molar-refractivity contribution in [3.05, 3.63) is 54.1 Å². The van der Waals surface area contributed by atoms with Crippen LogP contribution in [0.1, 0.15) is 38.8 Å². The van der Waals surface area contributed by atoms with Crippen LogP contribution in [0.3, 0.4) is 0 Å². The Bertz CT molecular complexity index is 686. The minimum atomic E-state index is 0.139. The molecular formula is C20H26N2O2S. The van der Waals surface area contributed by atoms with E-state index in [2.05, 4.69) is 29.7 Å². The zero-order valence-electron chi connectivity index (χ0n) is 15.2. The Hall–Kier alpha value is -2.27. The second kappa shape index (κ2) is 9.28. The van der Waals surface area contributed by atoms with Gasteiger partial charge >= 0.3 is 0 Å². The van der Waals surface area contributed by atoms with Gasteiger partial charge in [-0.05, 0) is 62.3 Å². The number of ether oxygens (including phenoxy) is 2. The van der Waals surface area contributed by atoms with Crippen molar-refractivity contribution in [3.8, 4) is 11.5 Å². The number of anilines is 1. The monoisotopic (exact) mass is 358 g/mol. The van der Waals surface area contributed by atoms with Gasteiger partial charge in [-0.3, -0.25) is 0 Å². The lowest BCUT2D eigenvalue weighted by molar-refractivity contribution is 0.242. The number of thiocarbonyl (C=S) groups is 1. The molecule has 0 saturated heterocycles. The molecule has 0 radical (unpaired) electrons. The van der Waals surface area contributed by atoms with E-state index in [-0.39, 0.29) is 12.1 Å². The van der Waals surface area contributed by atoms with Crippen LogP contribution in [0.2, 0.25) is 0 Å². The van der Waals surface area contributed by atoms with Gasteiger partial charge in [-0.2, -0.15) is 0 Å². The van der Waals surface area contributed by atoms with E-state index in [1.165, 1.54) is 5.56 Å². The smallest absolute Gasteiger partial charge is 0.171 e. The van der Waals surface area contributed by atoms with E-state index in [4.69, 9.17) is 21.7 Å². The van der Waals surface area contributed by atoms with Gasteiger partial charge in [-0.25, -0.2) is 0 Å². The molecule has 2 rings (SSSR count). The second-order valence-electron chi connectivity index (χ2n) is 6.03. The number of benzene rings is 2. The lowest BCUT2D eigenvalue weighted by Gasteiger charge is -2.20. The van der Waals surface area contributed by atoms with Crippen molar-refractivity contribution < 1.29 is 9.47 Å². The fourth-order valence-electron chi connectivity index (χ4n) is 2.50. The molecule has 0 aliphatic rings. The van der Waals surface area contributed by atoms with E-state index in [1.807, 2.05) is 50.2 Å². The van der Waals surface area contributed by atoms with Crippen LogP contribution < -0.4 is 20.1 Å². The Morgan fingerprint density at radius 1 is 1.08 bits per heavy atom. The summed E-state index contributed by atoms with van der Waals surface area (Å²) in [6.07, 6.45) is 1.06. The van der Waals surface area contributed by atoms with Crippen LogP contribution in [0.4, 0.5) is 5.69 Å². The van der Waals surface area contributed by atoms with Gasteiger partial charge in [-0.15, -0.1) is 0 Å². The average Bonchev–Trinajstić information content (AvgIpc) is 2.59. The molecule has 0 fully saturated rings. The highest BCUT2D eigenvalue weighted by molar-refractivity contribution is 7.80. The van der Waals surface area contributed by atoms with E-state index in [0.29, 0.717) is 5.11 Å². The normalized spacial score (nSPS) is 11.7. The minimum Gasteiger partial charge on any atom is -0.497 e. The predicted octanol–water partition coefficient (Wildman–Crippen LogP) is 4.92. The van der Waals surface area contributed by atoms with Gasteiger partial charge < -0.3 is 20.1 Å². The Labute approximate surface area is 155 Å². The molecular weight excluding hydrogens is 332 g/mol. The lowest BCUT2D eigenvalue weighted by Crippen LogP contribution is -2.32. The molecule has 0 saturated carbocycles. The molecule has 2 N–H and O–H groups in total. The number of hydrogen-bond donors (Lipinski definition) is 2. The van der Waals surface area contributed by atoms with Gasteiger partial charge in [0.2, 0.25) is 0 Å². The fourth-order valence-corrected chi connectivity index (χ4v) is 2.76. The maximum atomic E-state index is 5.71. The highest BCUT2D eigenvalue weighted by atomic mass is 32.1. The molecule has 4 nitrogen and oxygen atoms in total. The van der Waals surface area contributed by atoms with Crippen LogP contribution in [-0.4, -0.2) is 18.3 Å². The summed E-state index contributed by atoms with van der Waals surface area (Å²) in [6.45, 7) is 6.14. The van der Waals surface area contributed by atoms with Crippen LogP contribution in [0.15, 0.2) is 48.5 Å². The van der Waals surface area contributed by atoms with E-state index in [1.54, 1.807) is 7.11 Å². The lowest BCUT2D eigenvalue weighted by atomic mass is 10.0. The molecule has 0 aromatic heterocycles.